The summed E-state index contributed by atoms with van der Waals surface area (Å²) in [5, 5.41) is 36.8. The second-order valence-corrected chi connectivity index (χ2v) is 12.0. The van der Waals surface area contributed by atoms with Gasteiger partial charge in [-0.25, -0.2) is 19.7 Å². The molecule has 4 aromatic rings. The van der Waals surface area contributed by atoms with Crippen molar-refractivity contribution in [3.8, 4) is 0 Å². The van der Waals surface area contributed by atoms with E-state index in [1.807, 2.05) is 50.2 Å². The number of aliphatic hydroxyl groups excluding tert-OH is 2. The van der Waals surface area contributed by atoms with Crippen molar-refractivity contribution in [1.82, 2.24) is 40.8 Å². The Morgan fingerprint density at radius 3 is 2.25 bits per heavy atom. The Morgan fingerprint density at radius 2 is 1.60 bits per heavy atom. The maximum Gasteiger partial charge on any atom is 0.315 e. The van der Waals surface area contributed by atoms with Crippen LogP contribution in [0, 0.1) is 0 Å². The van der Waals surface area contributed by atoms with Crippen LogP contribution < -0.4 is 26.6 Å². The fraction of sp³-hybridized carbons (Fsp3) is 0.441. The van der Waals surface area contributed by atoms with E-state index in [0.717, 1.165) is 11.1 Å². The van der Waals surface area contributed by atoms with E-state index in [9.17, 15) is 19.8 Å². The second kappa shape index (κ2) is 16.5. The number of ether oxygens (including phenoxy) is 1. The van der Waals surface area contributed by atoms with Gasteiger partial charge in [0.05, 0.1) is 25.4 Å². The van der Waals surface area contributed by atoms with E-state index in [1.54, 1.807) is 6.92 Å². The molecule has 256 valence electrons. The fourth-order valence-electron chi connectivity index (χ4n) is 5.69. The molecule has 0 spiro atoms. The number of amides is 3. The molecule has 0 bridgehead atoms. The number of anilines is 1. The Hall–Kier alpha value is -4.63. The topological polar surface area (TPSA) is 188 Å². The van der Waals surface area contributed by atoms with E-state index in [2.05, 4.69) is 55.8 Å². The van der Waals surface area contributed by atoms with Gasteiger partial charge >= 0.3 is 6.03 Å². The van der Waals surface area contributed by atoms with Gasteiger partial charge in [-0.1, -0.05) is 74.5 Å². The lowest BCUT2D eigenvalue weighted by Crippen LogP contribution is -2.40. The third kappa shape index (κ3) is 8.63. The number of carbonyl (C=O) groups is 2. The van der Waals surface area contributed by atoms with Crippen LogP contribution in [-0.4, -0.2) is 92.2 Å². The first-order valence-corrected chi connectivity index (χ1v) is 16.4. The lowest BCUT2D eigenvalue weighted by molar-refractivity contribution is -0.125. The van der Waals surface area contributed by atoms with E-state index in [1.165, 1.54) is 10.9 Å². The van der Waals surface area contributed by atoms with Crippen LogP contribution in [0.15, 0.2) is 67.0 Å². The van der Waals surface area contributed by atoms with Crippen LogP contribution in [-0.2, 0) is 16.1 Å². The summed E-state index contributed by atoms with van der Waals surface area (Å²) in [6.45, 7) is 7.85. The summed E-state index contributed by atoms with van der Waals surface area (Å²) in [5.41, 5.74) is 2.98. The molecule has 3 heterocycles. The van der Waals surface area contributed by atoms with Gasteiger partial charge in [-0.3, -0.25) is 9.36 Å². The summed E-state index contributed by atoms with van der Waals surface area (Å²) in [4.78, 5) is 38.8. The van der Waals surface area contributed by atoms with Gasteiger partial charge in [-0.05, 0) is 18.1 Å². The van der Waals surface area contributed by atoms with Crippen molar-refractivity contribution >= 4 is 28.9 Å². The predicted octanol–water partition coefficient (Wildman–Crippen LogP) is 2.01. The number of aromatic nitrogens is 4. The van der Waals surface area contributed by atoms with Crippen LogP contribution in [0.4, 0.5) is 10.6 Å². The summed E-state index contributed by atoms with van der Waals surface area (Å²) < 4.78 is 7.54. The highest BCUT2D eigenvalue weighted by atomic mass is 16.6. The average Bonchev–Trinajstić information content (AvgIpc) is 3.63. The Labute approximate surface area is 279 Å². The normalized spacial score (nSPS) is 19.1. The summed E-state index contributed by atoms with van der Waals surface area (Å²) >= 11 is 0. The highest BCUT2D eigenvalue weighted by Crippen LogP contribution is 2.34. The Balaban J connectivity index is 1.42. The van der Waals surface area contributed by atoms with Crippen molar-refractivity contribution in [1.29, 1.82) is 0 Å². The molecular formula is C34H45N9O5. The molecule has 2 aromatic heterocycles. The third-order valence-electron chi connectivity index (χ3n) is 8.09. The highest BCUT2D eigenvalue weighted by Gasteiger charge is 2.45. The van der Waals surface area contributed by atoms with Crippen molar-refractivity contribution in [2.75, 3.05) is 31.5 Å². The van der Waals surface area contributed by atoms with E-state index in [4.69, 9.17) is 14.7 Å². The number of hydrogen-bond acceptors (Lipinski definition) is 10. The summed E-state index contributed by atoms with van der Waals surface area (Å²) in [5.74, 6) is 0.416. The van der Waals surface area contributed by atoms with Crippen LogP contribution in [0.5, 0.6) is 0 Å². The van der Waals surface area contributed by atoms with Gasteiger partial charge in [-0.2, -0.15) is 0 Å². The number of aliphatic hydroxyl groups is 2. The second-order valence-electron chi connectivity index (χ2n) is 12.0. The van der Waals surface area contributed by atoms with Gasteiger partial charge < -0.3 is 41.5 Å². The molecule has 2 aromatic carbocycles. The van der Waals surface area contributed by atoms with E-state index in [-0.39, 0.29) is 30.8 Å². The lowest BCUT2D eigenvalue weighted by atomic mass is 9.91. The molecule has 3 amide bonds. The van der Waals surface area contributed by atoms with Gasteiger partial charge in [0.1, 0.15) is 12.2 Å². The minimum absolute atomic E-state index is 0.0105. The molecular weight excluding hydrogens is 614 g/mol. The lowest BCUT2D eigenvalue weighted by Gasteiger charge is -2.20. The summed E-state index contributed by atoms with van der Waals surface area (Å²) in [6, 6.07) is 20.2. The Bertz CT molecular complexity index is 1600. The maximum absolute atomic E-state index is 12.6. The molecule has 5 rings (SSSR count). The van der Waals surface area contributed by atoms with Crippen molar-refractivity contribution in [3.63, 3.8) is 0 Å². The molecule has 48 heavy (non-hydrogen) atoms. The minimum atomic E-state index is -1.35. The van der Waals surface area contributed by atoms with Gasteiger partial charge in [0.2, 0.25) is 5.91 Å². The largest absolute Gasteiger partial charge is 0.388 e. The molecule has 1 aliphatic heterocycles. The van der Waals surface area contributed by atoms with Crippen molar-refractivity contribution in [2.24, 2.45) is 0 Å². The number of benzene rings is 2. The number of rotatable bonds is 15. The first-order chi connectivity index (χ1) is 23.2. The van der Waals surface area contributed by atoms with E-state index in [0.29, 0.717) is 55.0 Å². The van der Waals surface area contributed by atoms with Crippen molar-refractivity contribution < 1.29 is 24.5 Å². The number of urea groups is 1. The van der Waals surface area contributed by atoms with Crippen LogP contribution >= 0.6 is 0 Å². The first-order valence-electron chi connectivity index (χ1n) is 16.4. The van der Waals surface area contributed by atoms with Crippen molar-refractivity contribution in [3.05, 3.63) is 83.9 Å². The number of hydrogen-bond donors (Lipinski definition) is 7. The van der Waals surface area contributed by atoms with Gasteiger partial charge in [0.15, 0.2) is 29.0 Å². The SMILES string of the molecule is CCNC(=O)C[C@@H]1O[C@@H](n2cnc3c(NCC(c4ccccc4)c4ccccc4)nc(CNC(=O)NCCNC(C)C)nc32)[C@H](O)[C@@H]1O. The molecule has 1 aliphatic rings. The van der Waals surface area contributed by atoms with Crippen LogP contribution in [0.2, 0.25) is 0 Å². The summed E-state index contributed by atoms with van der Waals surface area (Å²) in [6.07, 6.45) is -3.29. The number of nitrogens with one attached hydrogen (secondary N) is 5. The first kappa shape index (κ1) is 34.7. The average molecular weight is 660 g/mol. The van der Waals surface area contributed by atoms with Crippen LogP contribution in [0.25, 0.3) is 11.2 Å². The molecule has 7 N–H and O–H groups in total. The van der Waals surface area contributed by atoms with E-state index < -0.39 is 24.5 Å². The molecule has 0 radical (unpaired) electrons. The predicted molar refractivity (Wildman–Crippen MR) is 181 cm³/mol. The van der Waals surface area contributed by atoms with Crippen LogP contribution in [0.1, 0.15) is 56.3 Å². The zero-order valence-electron chi connectivity index (χ0n) is 27.5. The third-order valence-corrected chi connectivity index (χ3v) is 8.09. The smallest absolute Gasteiger partial charge is 0.315 e. The van der Waals surface area contributed by atoms with Crippen LogP contribution in [0.3, 0.4) is 0 Å². The maximum atomic E-state index is 12.6. The molecule has 0 saturated carbocycles. The van der Waals surface area contributed by atoms with Gasteiger partial charge in [-0.15, -0.1) is 0 Å². The van der Waals surface area contributed by atoms with Gasteiger partial charge in [0, 0.05) is 38.1 Å². The monoisotopic (exact) mass is 659 g/mol. The molecule has 0 unspecified atom stereocenters. The highest BCUT2D eigenvalue weighted by molar-refractivity contribution is 5.83. The molecule has 1 saturated heterocycles. The zero-order chi connectivity index (χ0) is 34.0. The summed E-state index contributed by atoms with van der Waals surface area (Å²) in [7, 11) is 0. The molecule has 0 aliphatic carbocycles. The molecule has 4 atom stereocenters. The van der Waals surface area contributed by atoms with Gasteiger partial charge in [0.25, 0.3) is 0 Å². The Morgan fingerprint density at radius 1 is 0.917 bits per heavy atom. The Kier molecular flexibility index (Phi) is 11.9. The number of nitrogens with zero attached hydrogens (tertiary/aromatic N) is 4. The molecule has 14 heteroatoms. The minimum Gasteiger partial charge on any atom is -0.388 e. The fourth-order valence-corrected chi connectivity index (χ4v) is 5.69. The number of imidazole rings is 1. The quantitative estimate of drug-likeness (QED) is 0.0931. The van der Waals surface area contributed by atoms with E-state index >= 15 is 0 Å². The standard InChI is InChI=1S/C34H45N9O5/c1-4-35-27(44)17-25-29(45)30(46)33(48-25)43-20-40-28-31(38-18-24(22-11-7-5-8-12-22)23-13-9-6-10-14-23)41-26(42-32(28)43)19-39-34(47)37-16-15-36-21(2)3/h5-14,20-21,24-25,29-30,33,36,45-46H,4,15-19H2,1-3H3,(H,35,44)(H2,37,39,47)(H,38,41,42)/t25-,29+,30+,33+/m0/s1. The number of fused-ring (bicyclic) bond motifs is 1. The number of carbonyl (C=O) groups excluding carboxylic acids is 2. The molecule has 14 nitrogen and oxygen atoms in total. The zero-order valence-corrected chi connectivity index (χ0v) is 27.5. The molecule has 1 fully saturated rings. The van der Waals surface area contributed by atoms with Crippen molar-refractivity contribution in [2.45, 2.75) is 70.2 Å².